The highest BCUT2D eigenvalue weighted by Gasteiger charge is 2.51. The summed E-state index contributed by atoms with van der Waals surface area (Å²) in [5, 5.41) is 11.7. The highest BCUT2D eigenvalue weighted by molar-refractivity contribution is 6.10. The molecule has 1 aromatic heterocycles. The first-order chi connectivity index (χ1) is 19.7. The number of rotatable bonds is 6. The molecule has 1 aliphatic carbocycles. The third-order valence-electron chi connectivity index (χ3n) is 9.46. The normalized spacial score (nSPS) is 21.3. The molecule has 42 heavy (non-hydrogen) atoms. The van der Waals surface area contributed by atoms with E-state index in [2.05, 4.69) is 54.2 Å². The van der Waals surface area contributed by atoms with Gasteiger partial charge in [-0.2, -0.15) is 13.2 Å². The number of nitrogens with one attached hydrogen (secondary N) is 1. The summed E-state index contributed by atoms with van der Waals surface area (Å²) in [6, 6.07) is 10.7. The second kappa shape index (κ2) is 9.91. The van der Waals surface area contributed by atoms with E-state index >= 15 is 0 Å². The Bertz CT molecular complexity index is 1520. The molecule has 3 aliphatic rings. The molecule has 224 valence electrons. The zero-order valence-electron chi connectivity index (χ0n) is 25.0. The molecule has 0 unspecified atom stereocenters. The van der Waals surface area contributed by atoms with Gasteiger partial charge >= 0.3 is 6.18 Å². The largest absolute Gasteiger partial charge is 0.416 e. The van der Waals surface area contributed by atoms with Crippen LogP contribution in [0, 0.1) is 5.41 Å². The number of fused-ring (bicyclic) bond motifs is 1. The van der Waals surface area contributed by atoms with Crippen LogP contribution in [0.3, 0.4) is 0 Å². The summed E-state index contributed by atoms with van der Waals surface area (Å²) in [5.41, 5.74) is 1.47. The molecular weight excluding hydrogens is 541 g/mol. The lowest BCUT2D eigenvalue weighted by atomic mass is 9.50. The Hall–Kier alpha value is -3.24. The van der Waals surface area contributed by atoms with Crippen molar-refractivity contribution in [1.82, 2.24) is 25.0 Å². The van der Waals surface area contributed by atoms with Gasteiger partial charge in [-0.3, -0.25) is 9.69 Å². The standard InChI is InChI=1S/C32H39F3N6O/c1-29(2)17-31(18-29,14-27-38-37-20-39(27)5)22-7-6-8-23(13-22)41-16-25-24(28(41)42)11-21(12-26(25)32(33,34)35)15-40-10-9-36-19-30(40,3)4/h6-8,11-13,20,36H,9-10,14-19H2,1-5H3. The van der Waals surface area contributed by atoms with E-state index in [1.54, 1.807) is 12.4 Å². The second-order valence-corrected chi connectivity index (χ2v) is 13.9. The Morgan fingerprint density at radius 2 is 1.83 bits per heavy atom. The zero-order chi connectivity index (χ0) is 30.1. The molecule has 0 spiro atoms. The average molecular weight is 581 g/mol. The van der Waals surface area contributed by atoms with Gasteiger partial charge in [0.15, 0.2) is 0 Å². The highest BCUT2D eigenvalue weighted by atomic mass is 19.4. The van der Waals surface area contributed by atoms with Crippen LogP contribution in [0.2, 0.25) is 0 Å². The van der Waals surface area contributed by atoms with Gasteiger partial charge in [-0.05, 0) is 73.1 Å². The number of aryl methyl sites for hydroxylation is 1. The minimum Gasteiger partial charge on any atom is -0.321 e. The number of anilines is 1. The van der Waals surface area contributed by atoms with Crippen molar-refractivity contribution >= 4 is 11.6 Å². The van der Waals surface area contributed by atoms with E-state index in [9.17, 15) is 18.0 Å². The van der Waals surface area contributed by atoms with Crippen LogP contribution in [0.4, 0.5) is 18.9 Å². The average Bonchev–Trinajstić information content (AvgIpc) is 3.45. The number of carbonyl (C=O) groups is 1. The van der Waals surface area contributed by atoms with Crippen molar-refractivity contribution in [2.24, 2.45) is 12.5 Å². The fourth-order valence-electron chi connectivity index (χ4n) is 7.54. The molecule has 0 radical (unpaired) electrons. The quantitative estimate of drug-likeness (QED) is 0.419. The summed E-state index contributed by atoms with van der Waals surface area (Å²) < 4.78 is 45.1. The van der Waals surface area contributed by atoms with Crippen LogP contribution in [0.25, 0.3) is 0 Å². The third kappa shape index (κ3) is 5.13. The zero-order valence-corrected chi connectivity index (χ0v) is 25.0. The van der Waals surface area contributed by atoms with Crippen LogP contribution < -0.4 is 10.2 Å². The van der Waals surface area contributed by atoms with Gasteiger partial charge in [-0.15, -0.1) is 10.2 Å². The number of hydrogen-bond acceptors (Lipinski definition) is 5. The molecule has 3 heterocycles. The minimum atomic E-state index is -4.56. The Morgan fingerprint density at radius 3 is 2.48 bits per heavy atom. The predicted molar refractivity (Wildman–Crippen MR) is 155 cm³/mol. The summed E-state index contributed by atoms with van der Waals surface area (Å²) in [6.45, 7) is 11.2. The Labute approximate surface area is 245 Å². The molecule has 2 aromatic carbocycles. The lowest BCUT2D eigenvalue weighted by molar-refractivity contribution is -0.138. The van der Waals surface area contributed by atoms with Gasteiger partial charge in [-0.1, -0.05) is 26.0 Å². The smallest absolute Gasteiger partial charge is 0.321 e. The molecule has 7 nitrogen and oxygen atoms in total. The predicted octanol–water partition coefficient (Wildman–Crippen LogP) is 5.48. The van der Waals surface area contributed by atoms with Crippen molar-refractivity contribution in [3.8, 4) is 0 Å². The SMILES string of the molecule is Cn1cnnc1CC1(c2cccc(N3Cc4c(cc(CN5CCNCC5(C)C)cc4C(F)(F)F)C3=O)c2)CC(C)(C)C1. The lowest BCUT2D eigenvalue weighted by Crippen LogP contribution is -2.57. The van der Waals surface area contributed by atoms with Gasteiger partial charge in [0.05, 0.1) is 12.1 Å². The van der Waals surface area contributed by atoms with Gasteiger partial charge in [0.2, 0.25) is 0 Å². The molecule has 1 amide bonds. The van der Waals surface area contributed by atoms with E-state index < -0.39 is 11.7 Å². The lowest BCUT2D eigenvalue weighted by Gasteiger charge is -2.54. The fourth-order valence-corrected chi connectivity index (χ4v) is 7.54. The number of aromatic nitrogens is 3. The maximum absolute atomic E-state index is 14.4. The minimum absolute atomic E-state index is 0.0554. The van der Waals surface area contributed by atoms with Crippen molar-refractivity contribution in [3.63, 3.8) is 0 Å². The summed E-state index contributed by atoms with van der Waals surface area (Å²) in [4.78, 5) is 17.5. The number of benzene rings is 2. The molecule has 0 bridgehead atoms. The van der Waals surface area contributed by atoms with Crippen LogP contribution in [0.1, 0.15) is 79.0 Å². The van der Waals surface area contributed by atoms with E-state index in [-0.39, 0.29) is 39.9 Å². The van der Waals surface area contributed by atoms with Gasteiger partial charge in [-0.25, -0.2) is 0 Å². The van der Waals surface area contributed by atoms with E-state index in [0.29, 0.717) is 24.2 Å². The molecule has 3 aromatic rings. The van der Waals surface area contributed by atoms with Crippen LogP contribution in [0.15, 0.2) is 42.7 Å². The van der Waals surface area contributed by atoms with Crippen LogP contribution in [-0.2, 0) is 38.1 Å². The Balaban J connectivity index is 1.33. The highest BCUT2D eigenvalue weighted by Crippen LogP contribution is 2.57. The first-order valence-electron chi connectivity index (χ1n) is 14.6. The number of alkyl halides is 3. The maximum atomic E-state index is 14.4. The first-order valence-corrected chi connectivity index (χ1v) is 14.6. The van der Waals surface area contributed by atoms with Gasteiger partial charge in [0, 0.05) is 61.9 Å². The van der Waals surface area contributed by atoms with Crippen LogP contribution >= 0.6 is 0 Å². The maximum Gasteiger partial charge on any atom is 0.416 e. The van der Waals surface area contributed by atoms with Crippen molar-refractivity contribution in [2.75, 3.05) is 24.5 Å². The topological polar surface area (TPSA) is 66.3 Å². The monoisotopic (exact) mass is 580 g/mol. The number of halogens is 3. The molecule has 1 saturated carbocycles. The van der Waals surface area contributed by atoms with E-state index in [0.717, 1.165) is 43.9 Å². The molecule has 1 saturated heterocycles. The number of piperazine rings is 1. The van der Waals surface area contributed by atoms with Crippen molar-refractivity contribution in [2.45, 2.75) is 77.2 Å². The molecule has 2 aliphatic heterocycles. The van der Waals surface area contributed by atoms with E-state index in [4.69, 9.17) is 0 Å². The summed E-state index contributed by atoms with van der Waals surface area (Å²) in [6.07, 6.45) is -0.286. The number of carbonyl (C=O) groups excluding carboxylic acids is 1. The van der Waals surface area contributed by atoms with E-state index in [1.807, 2.05) is 29.8 Å². The van der Waals surface area contributed by atoms with Crippen LogP contribution in [0.5, 0.6) is 0 Å². The molecule has 10 heteroatoms. The molecule has 1 N–H and O–H groups in total. The number of hydrogen-bond donors (Lipinski definition) is 1. The van der Waals surface area contributed by atoms with Crippen molar-refractivity contribution in [3.05, 3.63) is 76.4 Å². The van der Waals surface area contributed by atoms with Gasteiger partial charge in [0.25, 0.3) is 5.91 Å². The first kappa shape index (κ1) is 28.9. The summed E-state index contributed by atoms with van der Waals surface area (Å²) in [5.74, 6) is 0.501. The molecule has 2 fully saturated rings. The Morgan fingerprint density at radius 1 is 1.07 bits per heavy atom. The number of nitrogens with zero attached hydrogens (tertiary/aromatic N) is 5. The fraction of sp³-hybridized carbons (Fsp3) is 0.531. The van der Waals surface area contributed by atoms with Crippen molar-refractivity contribution in [1.29, 1.82) is 0 Å². The van der Waals surface area contributed by atoms with Gasteiger partial charge in [0.1, 0.15) is 12.2 Å². The van der Waals surface area contributed by atoms with Crippen LogP contribution in [-0.4, -0.2) is 50.7 Å². The Kier molecular flexibility index (Phi) is 6.81. The third-order valence-corrected chi connectivity index (χ3v) is 9.46. The molecule has 0 atom stereocenters. The second-order valence-electron chi connectivity index (χ2n) is 13.9. The van der Waals surface area contributed by atoms with Gasteiger partial charge < -0.3 is 14.8 Å². The summed E-state index contributed by atoms with van der Waals surface area (Å²) >= 11 is 0. The molecular formula is C32H39F3N6O. The van der Waals surface area contributed by atoms with Crippen molar-refractivity contribution < 1.29 is 18.0 Å². The molecule has 6 rings (SSSR count). The van der Waals surface area contributed by atoms with E-state index in [1.165, 1.54) is 11.0 Å². The number of amides is 1. The summed E-state index contributed by atoms with van der Waals surface area (Å²) in [7, 11) is 1.93.